The first-order valence-electron chi connectivity index (χ1n) is 5.85. The third-order valence-corrected chi connectivity index (χ3v) is 3.26. The molecule has 0 aromatic heterocycles. The number of rotatable bonds is 3. The van der Waals surface area contributed by atoms with Crippen molar-refractivity contribution < 1.29 is 15.3 Å². The third-order valence-electron chi connectivity index (χ3n) is 3.26. The van der Waals surface area contributed by atoms with Crippen LogP contribution in [0.2, 0.25) is 0 Å². The Morgan fingerprint density at radius 3 is 2.24 bits per heavy atom. The zero-order valence-corrected chi connectivity index (χ0v) is 9.95. The van der Waals surface area contributed by atoms with Crippen molar-refractivity contribution in [1.82, 2.24) is 4.90 Å². The van der Waals surface area contributed by atoms with E-state index in [1.165, 1.54) is 0 Å². The molecule has 3 atom stereocenters. The maximum absolute atomic E-state index is 10.4. The minimum absolute atomic E-state index is 0.407. The molecule has 0 bridgehead atoms. The molecule has 3 unspecified atom stereocenters. The quantitative estimate of drug-likeness (QED) is 0.688. The van der Waals surface area contributed by atoms with Crippen molar-refractivity contribution in [3.05, 3.63) is 35.9 Å². The molecule has 1 aromatic rings. The highest BCUT2D eigenvalue weighted by molar-refractivity contribution is 5.21. The van der Waals surface area contributed by atoms with Crippen LogP contribution in [0, 0.1) is 0 Å². The second-order valence-corrected chi connectivity index (χ2v) is 4.97. The molecule has 1 heterocycles. The van der Waals surface area contributed by atoms with Gasteiger partial charge in [-0.2, -0.15) is 0 Å². The van der Waals surface area contributed by atoms with Crippen LogP contribution in [0.25, 0.3) is 0 Å². The van der Waals surface area contributed by atoms with Crippen LogP contribution in [0.1, 0.15) is 12.5 Å². The van der Waals surface area contributed by atoms with Crippen LogP contribution in [0.15, 0.2) is 30.3 Å². The van der Waals surface area contributed by atoms with Crippen molar-refractivity contribution in [2.24, 2.45) is 0 Å². The summed E-state index contributed by atoms with van der Waals surface area (Å²) in [6, 6.07) is 9.43. The van der Waals surface area contributed by atoms with E-state index in [1.54, 1.807) is 6.92 Å². The van der Waals surface area contributed by atoms with E-state index in [0.29, 0.717) is 19.6 Å². The van der Waals surface area contributed by atoms with Crippen LogP contribution in [0.4, 0.5) is 0 Å². The van der Waals surface area contributed by atoms with Crippen LogP contribution >= 0.6 is 0 Å². The zero-order chi connectivity index (χ0) is 12.5. The molecule has 94 valence electrons. The molecule has 1 aliphatic heterocycles. The fourth-order valence-electron chi connectivity index (χ4n) is 2.30. The van der Waals surface area contributed by atoms with Gasteiger partial charge in [-0.1, -0.05) is 30.3 Å². The van der Waals surface area contributed by atoms with Crippen LogP contribution < -0.4 is 0 Å². The van der Waals surface area contributed by atoms with Gasteiger partial charge in [0.1, 0.15) is 0 Å². The Balaban J connectivity index is 2.03. The monoisotopic (exact) mass is 237 g/mol. The van der Waals surface area contributed by atoms with Gasteiger partial charge in [0.25, 0.3) is 0 Å². The van der Waals surface area contributed by atoms with Crippen molar-refractivity contribution in [2.75, 3.05) is 19.6 Å². The molecule has 4 heteroatoms. The predicted molar refractivity (Wildman–Crippen MR) is 64.5 cm³/mol. The number of hydrogen-bond donors (Lipinski definition) is 3. The maximum Gasteiger partial charge on any atom is 0.0994 e. The van der Waals surface area contributed by atoms with Gasteiger partial charge in [-0.15, -0.1) is 0 Å². The largest absolute Gasteiger partial charge is 0.389 e. The number of hydrogen-bond acceptors (Lipinski definition) is 4. The van der Waals surface area contributed by atoms with Gasteiger partial charge in [0.15, 0.2) is 0 Å². The van der Waals surface area contributed by atoms with E-state index in [9.17, 15) is 15.3 Å². The van der Waals surface area contributed by atoms with Crippen molar-refractivity contribution in [1.29, 1.82) is 0 Å². The minimum Gasteiger partial charge on any atom is -0.389 e. The van der Waals surface area contributed by atoms with Crippen molar-refractivity contribution in [3.63, 3.8) is 0 Å². The minimum atomic E-state index is -0.967. The number of nitrogens with zero attached hydrogens (tertiary/aromatic N) is 1. The summed E-state index contributed by atoms with van der Waals surface area (Å²) in [4.78, 5) is 1.88. The van der Waals surface area contributed by atoms with Gasteiger partial charge in [-0.3, -0.25) is 4.90 Å². The summed E-state index contributed by atoms with van der Waals surface area (Å²) in [5.74, 6) is 0. The molecule has 2 rings (SSSR count). The maximum atomic E-state index is 10.4. The summed E-state index contributed by atoms with van der Waals surface area (Å²) in [6.07, 6.45) is -1.41. The summed E-state index contributed by atoms with van der Waals surface area (Å²) in [7, 11) is 0. The Labute approximate surface area is 101 Å². The first-order valence-corrected chi connectivity index (χ1v) is 5.85. The van der Waals surface area contributed by atoms with E-state index in [1.807, 2.05) is 35.2 Å². The lowest BCUT2D eigenvalue weighted by atomic mass is 9.95. The summed E-state index contributed by atoms with van der Waals surface area (Å²) in [5.41, 5.74) is -0.124. The lowest BCUT2D eigenvalue weighted by Crippen LogP contribution is -2.38. The number of β-amino-alcohol motifs (C(OH)–C–C–N with tert-alkyl or cyclic N) is 3. The van der Waals surface area contributed by atoms with Crippen molar-refractivity contribution in [3.8, 4) is 0 Å². The van der Waals surface area contributed by atoms with E-state index in [0.717, 1.165) is 5.56 Å². The zero-order valence-electron chi connectivity index (χ0n) is 9.95. The Hall–Kier alpha value is -0.940. The van der Waals surface area contributed by atoms with E-state index in [-0.39, 0.29) is 0 Å². The van der Waals surface area contributed by atoms with Crippen LogP contribution in [-0.2, 0) is 5.60 Å². The molecule has 0 radical (unpaired) electrons. The van der Waals surface area contributed by atoms with Gasteiger partial charge >= 0.3 is 0 Å². The smallest absolute Gasteiger partial charge is 0.0994 e. The number of benzene rings is 1. The first-order chi connectivity index (χ1) is 7.99. The molecular weight excluding hydrogens is 218 g/mol. The second-order valence-electron chi connectivity index (χ2n) is 4.97. The van der Waals surface area contributed by atoms with Crippen LogP contribution in [0.3, 0.4) is 0 Å². The van der Waals surface area contributed by atoms with Gasteiger partial charge in [-0.25, -0.2) is 0 Å². The highest BCUT2D eigenvalue weighted by Crippen LogP contribution is 2.23. The van der Waals surface area contributed by atoms with Gasteiger partial charge < -0.3 is 15.3 Å². The molecule has 0 aliphatic carbocycles. The number of aliphatic hydroxyl groups is 3. The summed E-state index contributed by atoms with van der Waals surface area (Å²) >= 11 is 0. The molecule has 3 N–H and O–H groups in total. The lowest BCUT2D eigenvalue weighted by molar-refractivity contribution is 0.0189. The van der Waals surface area contributed by atoms with Crippen molar-refractivity contribution >= 4 is 0 Å². The molecule has 17 heavy (non-hydrogen) atoms. The molecule has 1 fully saturated rings. The summed E-state index contributed by atoms with van der Waals surface area (Å²) < 4.78 is 0. The Morgan fingerprint density at radius 1 is 1.18 bits per heavy atom. The Morgan fingerprint density at radius 2 is 1.71 bits per heavy atom. The van der Waals surface area contributed by atoms with Crippen LogP contribution in [0.5, 0.6) is 0 Å². The average molecular weight is 237 g/mol. The van der Waals surface area contributed by atoms with Gasteiger partial charge in [0.05, 0.1) is 17.8 Å². The number of likely N-dealkylation sites (tertiary alicyclic amines) is 1. The normalized spacial score (nSPS) is 29.2. The molecular formula is C13H19NO3. The summed E-state index contributed by atoms with van der Waals surface area (Å²) in [6.45, 7) is 2.97. The molecule has 1 aliphatic rings. The third kappa shape index (κ3) is 2.84. The standard InChI is InChI=1S/C13H19NO3/c1-13(17,10-5-3-2-4-6-10)9-14-7-11(15)12(16)8-14/h2-6,11-12,15-17H,7-9H2,1H3. The van der Waals surface area contributed by atoms with Gasteiger partial charge in [0, 0.05) is 19.6 Å². The van der Waals surface area contributed by atoms with Gasteiger partial charge in [0.2, 0.25) is 0 Å². The second kappa shape index (κ2) is 4.74. The Kier molecular flexibility index (Phi) is 3.49. The van der Waals surface area contributed by atoms with Crippen LogP contribution in [-0.4, -0.2) is 52.1 Å². The molecule has 4 nitrogen and oxygen atoms in total. The highest BCUT2D eigenvalue weighted by atomic mass is 16.3. The average Bonchev–Trinajstić information content (AvgIpc) is 2.58. The molecule has 1 saturated heterocycles. The fraction of sp³-hybridized carbons (Fsp3) is 0.538. The fourth-order valence-corrected chi connectivity index (χ4v) is 2.30. The van der Waals surface area contributed by atoms with E-state index in [4.69, 9.17) is 0 Å². The van der Waals surface area contributed by atoms with Crippen molar-refractivity contribution in [2.45, 2.75) is 24.7 Å². The Bertz CT molecular complexity index is 356. The molecule has 0 saturated carbocycles. The van der Waals surface area contributed by atoms with E-state index in [2.05, 4.69) is 0 Å². The lowest BCUT2D eigenvalue weighted by Gasteiger charge is -2.29. The highest BCUT2D eigenvalue weighted by Gasteiger charge is 2.34. The summed E-state index contributed by atoms with van der Waals surface area (Å²) in [5, 5.41) is 29.3. The predicted octanol–water partition coefficient (Wildman–Crippen LogP) is -0.0685. The van der Waals surface area contributed by atoms with E-state index < -0.39 is 17.8 Å². The van der Waals surface area contributed by atoms with E-state index >= 15 is 0 Å². The number of aliphatic hydroxyl groups excluding tert-OH is 2. The SMILES string of the molecule is CC(O)(CN1CC(O)C(O)C1)c1ccccc1. The molecule has 0 amide bonds. The molecule has 0 spiro atoms. The topological polar surface area (TPSA) is 63.9 Å². The molecule has 1 aromatic carbocycles. The van der Waals surface area contributed by atoms with Gasteiger partial charge in [-0.05, 0) is 12.5 Å². The first kappa shape index (κ1) is 12.5.